The molecule has 1 aromatic heterocycles. The molecule has 1 N–H and O–H groups in total. The normalized spacial score (nSPS) is 41.8. The number of nitrogens with zero attached hydrogens (tertiary/aromatic N) is 2. The van der Waals surface area contributed by atoms with Crippen molar-refractivity contribution in [2.45, 2.75) is 88.9 Å². The number of aryl methyl sites for hydroxylation is 1. The summed E-state index contributed by atoms with van der Waals surface area (Å²) >= 11 is 1.72. The van der Waals surface area contributed by atoms with Crippen molar-refractivity contribution in [1.29, 1.82) is 0 Å². The Labute approximate surface area is 169 Å². The molecule has 152 valence electrons. The van der Waals surface area contributed by atoms with Crippen molar-refractivity contribution < 1.29 is 14.6 Å². The molecule has 0 aromatic carbocycles. The molecule has 7 rings (SSSR count). The number of ether oxygens (including phenoxy) is 1. The van der Waals surface area contributed by atoms with Crippen molar-refractivity contribution in [3.8, 4) is 0 Å². The molecular formula is C22H30N2O3S. The fourth-order valence-electron chi connectivity index (χ4n) is 7.31. The van der Waals surface area contributed by atoms with Crippen LogP contribution >= 0.6 is 11.3 Å². The Morgan fingerprint density at radius 3 is 2.75 bits per heavy atom. The summed E-state index contributed by atoms with van der Waals surface area (Å²) in [5.74, 6) is 1.07. The second-order valence-corrected chi connectivity index (χ2v) is 11.3. The predicted molar refractivity (Wildman–Crippen MR) is 106 cm³/mol. The molecule has 1 saturated heterocycles. The standard InChI is InChI=1S/C22H30N2O3S/c25-19(21-8-14-7-15(9-21)11-22(26,10-14)13-21)23-20-24(12-16-3-2-6-27-16)17-4-1-5-18(17)28-20/h14-16,26H,1-13H2/b23-20-. The number of carbonyl (C=O) groups excluding carboxylic acids is 1. The monoisotopic (exact) mass is 402 g/mol. The van der Waals surface area contributed by atoms with Gasteiger partial charge in [-0.1, -0.05) is 0 Å². The molecule has 28 heavy (non-hydrogen) atoms. The van der Waals surface area contributed by atoms with E-state index in [1.165, 1.54) is 23.4 Å². The molecule has 1 amide bonds. The minimum Gasteiger partial charge on any atom is -0.390 e. The Morgan fingerprint density at radius 2 is 2.04 bits per heavy atom. The Bertz CT molecular complexity index is 865. The third-order valence-electron chi connectivity index (χ3n) is 8.00. The highest BCUT2D eigenvalue weighted by molar-refractivity contribution is 7.09. The Kier molecular flexibility index (Phi) is 3.99. The third kappa shape index (κ3) is 2.78. The number of aliphatic hydroxyl groups is 1. The molecule has 5 fully saturated rings. The lowest BCUT2D eigenvalue weighted by Gasteiger charge is -2.58. The molecule has 0 radical (unpaired) electrons. The van der Waals surface area contributed by atoms with E-state index in [2.05, 4.69) is 4.57 Å². The second kappa shape index (κ2) is 6.26. The molecule has 6 heteroatoms. The molecule has 3 atom stereocenters. The Morgan fingerprint density at radius 1 is 1.21 bits per heavy atom. The average molecular weight is 403 g/mol. The first-order chi connectivity index (χ1) is 13.5. The van der Waals surface area contributed by atoms with Crippen molar-refractivity contribution in [3.63, 3.8) is 0 Å². The van der Waals surface area contributed by atoms with Crippen LogP contribution in [0.4, 0.5) is 0 Å². The zero-order chi connectivity index (χ0) is 18.9. The largest absolute Gasteiger partial charge is 0.390 e. The summed E-state index contributed by atoms with van der Waals surface area (Å²) in [5.41, 5.74) is 0.367. The van der Waals surface area contributed by atoms with E-state index < -0.39 is 11.0 Å². The number of hydrogen-bond acceptors (Lipinski definition) is 4. The lowest BCUT2D eigenvalue weighted by atomic mass is 9.47. The highest BCUT2D eigenvalue weighted by Crippen LogP contribution is 2.62. The van der Waals surface area contributed by atoms with Gasteiger partial charge in [-0.15, -0.1) is 11.3 Å². The molecule has 1 aliphatic heterocycles. The highest BCUT2D eigenvalue weighted by atomic mass is 32.1. The molecule has 1 aromatic rings. The van der Waals surface area contributed by atoms with Gasteiger partial charge in [-0.05, 0) is 82.5 Å². The van der Waals surface area contributed by atoms with Crippen LogP contribution in [0, 0.1) is 17.3 Å². The van der Waals surface area contributed by atoms with Crippen LogP contribution in [-0.4, -0.2) is 33.9 Å². The number of amides is 1. The van der Waals surface area contributed by atoms with Gasteiger partial charge in [0.2, 0.25) is 0 Å². The smallest absolute Gasteiger partial charge is 0.254 e. The fraction of sp³-hybridized carbons (Fsp3) is 0.818. The van der Waals surface area contributed by atoms with Gasteiger partial charge >= 0.3 is 0 Å². The average Bonchev–Trinajstić information content (AvgIpc) is 3.33. The summed E-state index contributed by atoms with van der Waals surface area (Å²) in [6.07, 6.45) is 11.4. The van der Waals surface area contributed by atoms with Crippen molar-refractivity contribution >= 4 is 17.2 Å². The first-order valence-electron chi connectivity index (χ1n) is 11.2. The lowest BCUT2D eigenvalue weighted by molar-refractivity contribution is -0.175. The molecule has 2 heterocycles. The molecule has 4 saturated carbocycles. The van der Waals surface area contributed by atoms with Crippen LogP contribution in [0.5, 0.6) is 0 Å². The zero-order valence-corrected chi connectivity index (χ0v) is 17.3. The number of carbonyl (C=O) groups is 1. The molecular weight excluding hydrogens is 372 g/mol. The molecule has 5 nitrogen and oxygen atoms in total. The molecule has 4 bridgehead atoms. The molecule has 5 aliphatic carbocycles. The quantitative estimate of drug-likeness (QED) is 0.845. The predicted octanol–water partition coefficient (Wildman–Crippen LogP) is 2.98. The summed E-state index contributed by atoms with van der Waals surface area (Å²) in [4.78, 5) is 20.6. The van der Waals surface area contributed by atoms with Gasteiger partial charge in [0, 0.05) is 17.2 Å². The van der Waals surface area contributed by atoms with Crippen LogP contribution in [-0.2, 0) is 28.9 Å². The van der Waals surface area contributed by atoms with Gasteiger partial charge in [-0.2, -0.15) is 4.99 Å². The first kappa shape index (κ1) is 17.8. The van der Waals surface area contributed by atoms with Crippen LogP contribution < -0.4 is 4.80 Å². The number of thiazole rings is 1. The number of hydrogen-bond donors (Lipinski definition) is 1. The van der Waals surface area contributed by atoms with Gasteiger partial charge in [0.05, 0.1) is 23.7 Å². The van der Waals surface area contributed by atoms with Gasteiger partial charge in [-0.3, -0.25) is 4.79 Å². The van der Waals surface area contributed by atoms with Gasteiger partial charge in [0.25, 0.3) is 5.91 Å². The molecule has 6 aliphatic rings. The first-order valence-corrected chi connectivity index (χ1v) is 12.0. The third-order valence-corrected chi connectivity index (χ3v) is 9.18. The van der Waals surface area contributed by atoms with E-state index in [-0.39, 0.29) is 12.0 Å². The summed E-state index contributed by atoms with van der Waals surface area (Å²) in [7, 11) is 0. The van der Waals surface area contributed by atoms with E-state index in [1.54, 1.807) is 11.3 Å². The van der Waals surface area contributed by atoms with Crippen LogP contribution in [0.1, 0.15) is 68.4 Å². The van der Waals surface area contributed by atoms with Gasteiger partial charge < -0.3 is 14.4 Å². The number of aromatic nitrogens is 1. The van der Waals surface area contributed by atoms with E-state index >= 15 is 0 Å². The van der Waals surface area contributed by atoms with E-state index in [9.17, 15) is 9.90 Å². The van der Waals surface area contributed by atoms with Crippen molar-refractivity contribution in [3.05, 3.63) is 15.4 Å². The van der Waals surface area contributed by atoms with E-state index in [4.69, 9.17) is 9.73 Å². The second-order valence-electron chi connectivity index (χ2n) is 10.2. The summed E-state index contributed by atoms with van der Waals surface area (Å²) in [6.45, 7) is 1.69. The van der Waals surface area contributed by atoms with E-state index in [0.29, 0.717) is 18.3 Å². The minimum atomic E-state index is -0.611. The van der Waals surface area contributed by atoms with Crippen LogP contribution in [0.3, 0.4) is 0 Å². The van der Waals surface area contributed by atoms with E-state index in [0.717, 1.165) is 69.3 Å². The maximum atomic E-state index is 13.5. The van der Waals surface area contributed by atoms with E-state index in [1.807, 2.05) is 0 Å². The van der Waals surface area contributed by atoms with Crippen molar-refractivity contribution in [2.24, 2.45) is 22.2 Å². The molecule has 0 spiro atoms. The Hall–Kier alpha value is -0.980. The van der Waals surface area contributed by atoms with Gasteiger partial charge in [0.15, 0.2) is 4.80 Å². The van der Waals surface area contributed by atoms with Crippen molar-refractivity contribution in [2.75, 3.05) is 6.61 Å². The topological polar surface area (TPSA) is 63.8 Å². The maximum absolute atomic E-state index is 13.5. The highest BCUT2D eigenvalue weighted by Gasteiger charge is 2.60. The maximum Gasteiger partial charge on any atom is 0.254 e. The van der Waals surface area contributed by atoms with Crippen LogP contribution in [0.2, 0.25) is 0 Å². The lowest BCUT2D eigenvalue weighted by Crippen LogP contribution is -2.58. The van der Waals surface area contributed by atoms with Crippen molar-refractivity contribution in [1.82, 2.24) is 4.57 Å². The summed E-state index contributed by atoms with van der Waals surface area (Å²) in [5, 5.41) is 11.0. The molecule has 3 unspecified atom stereocenters. The minimum absolute atomic E-state index is 0.0426. The summed E-state index contributed by atoms with van der Waals surface area (Å²) in [6, 6.07) is 0. The number of rotatable bonds is 3. The number of fused-ring (bicyclic) bond motifs is 1. The summed E-state index contributed by atoms with van der Waals surface area (Å²) < 4.78 is 8.19. The zero-order valence-electron chi connectivity index (χ0n) is 16.5. The Balaban J connectivity index is 1.36. The van der Waals surface area contributed by atoms with Crippen LogP contribution in [0.15, 0.2) is 4.99 Å². The SMILES string of the molecule is O=C(/N=c1\sc2c(n1CC1CCCO1)CCC2)C12CC3CC(CC(O)(C3)C1)C2. The fourth-order valence-corrected chi connectivity index (χ4v) is 8.53. The van der Waals surface area contributed by atoms with Crippen LogP contribution in [0.25, 0.3) is 0 Å². The van der Waals surface area contributed by atoms with Gasteiger partial charge in [0.1, 0.15) is 0 Å². The van der Waals surface area contributed by atoms with Gasteiger partial charge in [-0.25, -0.2) is 0 Å².